The predicted molar refractivity (Wildman–Crippen MR) is 73.3 cm³/mol. The van der Waals surface area contributed by atoms with E-state index in [0.717, 1.165) is 6.42 Å². The summed E-state index contributed by atoms with van der Waals surface area (Å²) in [6.45, 7) is 2.43. The van der Waals surface area contributed by atoms with Gasteiger partial charge in [-0.2, -0.15) is 0 Å². The number of carbonyl (C=O) groups is 2. The lowest BCUT2D eigenvalue weighted by Gasteiger charge is -2.13. The van der Waals surface area contributed by atoms with Crippen LogP contribution in [0.4, 0.5) is 0 Å². The quantitative estimate of drug-likeness (QED) is 0.827. The SMILES string of the molecule is CCOC(=O)C1CC[C@H](COC(=O)c2ccccc2)N1. The second-order valence-corrected chi connectivity index (χ2v) is 4.71. The van der Waals surface area contributed by atoms with E-state index in [1.54, 1.807) is 31.2 Å². The first-order valence-electron chi connectivity index (χ1n) is 6.85. The van der Waals surface area contributed by atoms with Gasteiger partial charge in [0.25, 0.3) is 0 Å². The Kier molecular flexibility index (Phi) is 5.12. The van der Waals surface area contributed by atoms with Gasteiger partial charge in [0.2, 0.25) is 0 Å². The van der Waals surface area contributed by atoms with Crippen LogP contribution in [0.25, 0.3) is 0 Å². The van der Waals surface area contributed by atoms with Crippen LogP contribution in [-0.2, 0) is 14.3 Å². The van der Waals surface area contributed by atoms with Crippen LogP contribution < -0.4 is 5.32 Å². The molecule has 1 aliphatic heterocycles. The van der Waals surface area contributed by atoms with Crippen LogP contribution in [0, 0.1) is 0 Å². The van der Waals surface area contributed by atoms with Crippen LogP contribution >= 0.6 is 0 Å². The zero-order valence-corrected chi connectivity index (χ0v) is 11.5. The highest BCUT2D eigenvalue weighted by Gasteiger charge is 2.30. The first-order valence-corrected chi connectivity index (χ1v) is 6.85. The molecular weight excluding hydrogens is 258 g/mol. The summed E-state index contributed by atoms with van der Waals surface area (Å²) in [5.41, 5.74) is 0.535. The summed E-state index contributed by atoms with van der Waals surface area (Å²) in [7, 11) is 0. The number of nitrogens with one attached hydrogen (secondary N) is 1. The van der Waals surface area contributed by atoms with Crippen molar-refractivity contribution in [3.8, 4) is 0 Å². The van der Waals surface area contributed by atoms with Crippen molar-refractivity contribution in [2.75, 3.05) is 13.2 Å². The third kappa shape index (κ3) is 3.81. The molecule has 1 saturated heterocycles. The van der Waals surface area contributed by atoms with Crippen molar-refractivity contribution in [2.45, 2.75) is 31.8 Å². The molecular formula is C15H19NO4. The van der Waals surface area contributed by atoms with E-state index in [9.17, 15) is 9.59 Å². The third-order valence-electron chi connectivity index (χ3n) is 3.24. The topological polar surface area (TPSA) is 64.6 Å². The molecule has 108 valence electrons. The lowest BCUT2D eigenvalue weighted by Crippen LogP contribution is -2.39. The van der Waals surface area contributed by atoms with E-state index < -0.39 is 0 Å². The van der Waals surface area contributed by atoms with Crippen LogP contribution in [0.15, 0.2) is 30.3 Å². The summed E-state index contributed by atoms with van der Waals surface area (Å²) < 4.78 is 10.2. The maximum atomic E-state index is 11.8. The average Bonchev–Trinajstić information content (AvgIpc) is 2.95. The van der Waals surface area contributed by atoms with Crippen LogP contribution in [0.1, 0.15) is 30.1 Å². The highest BCUT2D eigenvalue weighted by molar-refractivity contribution is 5.89. The number of benzene rings is 1. The van der Waals surface area contributed by atoms with Crippen LogP contribution in [-0.4, -0.2) is 37.2 Å². The minimum absolute atomic E-state index is 0.0112. The van der Waals surface area contributed by atoms with Crippen molar-refractivity contribution in [1.29, 1.82) is 0 Å². The number of ether oxygens (including phenoxy) is 2. The molecule has 1 heterocycles. The first-order chi connectivity index (χ1) is 9.70. The fourth-order valence-electron chi connectivity index (χ4n) is 2.21. The van der Waals surface area contributed by atoms with E-state index in [1.165, 1.54) is 0 Å². The van der Waals surface area contributed by atoms with Gasteiger partial charge in [-0.25, -0.2) is 4.79 Å². The largest absolute Gasteiger partial charge is 0.465 e. The molecule has 0 saturated carbocycles. The molecule has 20 heavy (non-hydrogen) atoms. The van der Waals surface area contributed by atoms with Crippen LogP contribution in [0.3, 0.4) is 0 Å². The molecule has 1 aliphatic rings. The van der Waals surface area contributed by atoms with Gasteiger partial charge in [0.15, 0.2) is 0 Å². The van der Waals surface area contributed by atoms with E-state index in [0.29, 0.717) is 18.6 Å². The van der Waals surface area contributed by atoms with Crippen molar-refractivity contribution in [3.05, 3.63) is 35.9 Å². The Bertz CT molecular complexity index is 460. The molecule has 0 amide bonds. The molecule has 0 aliphatic carbocycles. The maximum absolute atomic E-state index is 11.8. The van der Waals surface area contributed by atoms with E-state index in [-0.39, 0.29) is 30.6 Å². The second-order valence-electron chi connectivity index (χ2n) is 4.71. The van der Waals surface area contributed by atoms with Gasteiger partial charge in [0.05, 0.1) is 12.2 Å². The van der Waals surface area contributed by atoms with Gasteiger partial charge in [0.1, 0.15) is 12.6 Å². The third-order valence-corrected chi connectivity index (χ3v) is 3.24. The summed E-state index contributed by atoms with van der Waals surface area (Å²) in [5.74, 6) is -0.573. The van der Waals surface area contributed by atoms with Crippen molar-refractivity contribution >= 4 is 11.9 Å². The number of rotatable bonds is 5. The molecule has 1 aromatic carbocycles. The van der Waals surface area contributed by atoms with Gasteiger partial charge in [-0.3, -0.25) is 10.1 Å². The average molecular weight is 277 g/mol. The number of carbonyl (C=O) groups excluding carboxylic acids is 2. The molecule has 1 N–H and O–H groups in total. The summed E-state index contributed by atoms with van der Waals surface area (Å²) >= 11 is 0. The fourth-order valence-corrected chi connectivity index (χ4v) is 2.21. The van der Waals surface area contributed by atoms with E-state index >= 15 is 0 Å². The molecule has 5 heteroatoms. The Morgan fingerprint density at radius 1 is 1.20 bits per heavy atom. The zero-order chi connectivity index (χ0) is 14.4. The van der Waals surface area contributed by atoms with Gasteiger partial charge < -0.3 is 9.47 Å². The Hall–Kier alpha value is -1.88. The second kappa shape index (κ2) is 7.05. The summed E-state index contributed by atoms with van der Waals surface area (Å²) in [6, 6.07) is 8.59. The monoisotopic (exact) mass is 277 g/mol. The Morgan fingerprint density at radius 2 is 1.95 bits per heavy atom. The van der Waals surface area contributed by atoms with Crippen molar-refractivity contribution < 1.29 is 19.1 Å². The number of hydrogen-bond acceptors (Lipinski definition) is 5. The van der Waals surface area contributed by atoms with Crippen LogP contribution in [0.5, 0.6) is 0 Å². The normalized spacial score (nSPS) is 21.4. The maximum Gasteiger partial charge on any atom is 0.338 e. The summed E-state index contributed by atoms with van der Waals surface area (Å²) in [4.78, 5) is 23.3. The standard InChI is InChI=1S/C15H19NO4/c1-2-19-15(18)13-9-8-12(16-13)10-20-14(17)11-6-4-3-5-7-11/h3-7,12-13,16H,2,8-10H2,1H3/t12-,13?/m1/s1. The molecule has 0 spiro atoms. The highest BCUT2D eigenvalue weighted by Crippen LogP contribution is 2.14. The van der Waals surface area contributed by atoms with E-state index in [4.69, 9.17) is 9.47 Å². The minimum atomic E-state index is -0.341. The molecule has 0 radical (unpaired) electrons. The zero-order valence-electron chi connectivity index (χ0n) is 11.5. The van der Waals surface area contributed by atoms with Crippen molar-refractivity contribution in [1.82, 2.24) is 5.32 Å². The van der Waals surface area contributed by atoms with Gasteiger partial charge in [-0.05, 0) is 31.9 Å². The Balaban J connectivity index is 1.76. The molecule has 0 aromatic heterocycles. The molecule has 1 fully saturated rings. The van der Waals surface area contributed by atoms with E-state index in [2.05, 4.69) is 5.32 Å². The number of hydrogen-bond donors (Lipinski definition) is 1. The highest BCUT2D eigenvalue weighted by atomic mass is 16.5. The van der Waals surface area contributed by atoms with Gasteiger partial charge >= 0.3 is 11.9 Å². The predicted octanol–water partition coefficient (Wildman–Crippen LogP) is 1.53. The van der Waals surface area contributed by atoms with Gasteiger partial charge in [-0.1, -0.05) is 18.2 Å². The van der Waals surface area contributed by atoms with Crippen LogP contribution in [0.2, 0.25) is 0 Å². The number of esters is 2. The fraction of sp³-hybridized carbons (Fsp3) is 0.467. The molecule has 1 unspecified atom stereocenters. The summed E-state index contributed by atoms with van der Waals surface area (Å²) in [5, 5.41) is 3.13. The summed E-state index contributed by atoms with van der Waals surface area (Å²) in [6.07, 6.45) is 1.51. The lowest BCUT2D eigenvalue weighted by atomic mass is 10.2. The van der Waals surface area contributed by atoms with Crippen molar-refractivity contribution in [3.63, 3.8) is 0 Å². The Morgan fingerprint density at radius 3 is 2.65 bits per heavy atom. The van der Waals surface area contributed by atoms with E-state index in [1.807, 2.05) is 6.07 Å². The molecule has 1 aromatic rings. The smallest absolute Gasteiger partial charge is 0.338 e. The molecule has 2 rings (SSSR count). The Labute approximate surface area is 118 Å². The molecule has 0 bridgehead atoms. The first kappa shape index (κ1) is 14.5. The van der Waals surface area contributed by atoms with Gasteiger partial charge in [0, 0.05) is 6.04 Å². The molecule has 5 nitrogen and oxygen atoms in total. The minimum Gasteiger partial charge on any atom is -0.465 e. The molecule has 2 atom stereocenters. The van der Waals surface area contributed by atoms with Crippen molar-refractivity contribution in [2.24, 2.45) is 0 Å². The lowest BCUT2D eigenvalue weighted by molar-refractivity contribution is -0.145. The van der Waals surface area contributed by atoms with Gasteiger partial charge in [-0.15, -0.1) is 0 Å².